The highest BCUT2D eigenvalue weighted by molar-refractivity contribution is 6.76. The summed E-state index contributed by atoms with van der Waals surface area (Å²) in [6.07, 6.45) is 0.573. The van der Waals surface area contributed by atoms with Crippen molar-refractivity contribution >= 4 is 28.4 Å². The second-order valence-corrected chi connectivity index (χ2v) is 16.2. The molecular formula is C10H24N2O3Si2. The Kier molecular flexibility index (Phi) is 5.40. The number of rotatable bonds is 5. The molecule has 2 N–H and O–H groups in total. The van der Waals surface area contributed by atoms with Gasteiger partial charge in [0.2, 0.25) is 8.32 Å². The van der Waals surface area contributed by atoms with Gasteiger partial charge in [0.05, 0.1) is 8.07 Å². The van der Waals surface area contributed by atoms with Crippen molar-refractivity contribution in [1.82, 2.24) is 4.90 Å². The smallest absolute Gasteiger partial charge is 0.315 e. The third-order valence-electron chi connectivity index (χ3n) is 1.72. The summed E-state index contributed by atoms with van der Waals surface area (Å²) in [4.78, 5) is 24.3. The van der Waals surface area contributed by atoms with Crippen LogP contribution in [0.15, 0.2) is 0 Å². The molecule has 0 aliphatic rings. The van der Waals surface area contributed by atoms with Crippen molar-refractivity contribution in [2.45, 2.75) is 39.3 Å². The first kappa shape index (κ1) is 16.2. The predicted molar refractivity (Wildman–Crippen MR) is 73.9 cm³/mol. The highest BCUT2D eigenvalue weighted by Crippen LogP contribution is 2.07. The van der Waals surface area contributed by atoms with E-state index in [4.69, 9.17) is 10.2 Å². The Morgan fingerprint density at radius 2 is 1.59 bits per heavy atom. The van der Waals surface area contributed by atoms with E-state index in [0.717, 1.165) is 0 Å². The first-order valence-corrected chi connectivity index (χ1v) is 12.8. The van der Waals surface area contributed by atoms with Crippen molar-refractivity contribution in [3.8, 4) is 0 Å². The molecule has 0 aliphatic heterocycles. The van der Waals surface area contributed by atoms with Crippen molar-refractivity contribution < 1.29 is 14.0 Å². The minimum absolute atomic E-state index is 0.0378. The van der Waals surface area contributed by atoms with Gasteiger partial charge in [-0.3, -0.25) is 4.79 Å². The molecule has 0 aromatic rings. The van der Waals surface area contributed by atoms with Gasteiger partial charge < -0.3 is 15.1 Å². The van der Waals surface area contributed by atoms with Gasteiger partial charge in [-0.15, -0.1) is 0 Å². The number of nitrogens with zero attached hydrogens (tertiary/aromatic N) is 1. The van der Waals surface area contributed by atoms with Crippen molar-refractivity contribution in [2.75, 3.05) is 12.7 Å². The fraction of sp³-hybridized carbons (Fsp3) is 0.800. The van der Waals surface area contributed by atoms with Crippen LogP contribution in [0.2, 0.25) is 39.3 Å². The second kappa shape index (κ2) is 5.68. The lowest BCUT2D eigenvalue weighted by molar-refractivity contribution is -0.135. The quantitative estimate of drug-likeness (QED) is 0.776. The Morgan fingerprint density at radius 3 is 1.88 bits per heavy atom. The van der Waals surface area contributed by atoms with E-state index in [9.17, 15) is 9.59 Å². The summed E-state index contributed by atoms with van der Waals surface area (Å²) in [5.41, 5.74) is 5.27. The molecule has 100 valence electrons. The highest BCUT2D eigenvalue weighted by Gasteiger charge is 2.26. The fourth-order valence-corrected chi connectivity index (χ4v) is 3.47. The average Bonchev–Trinajstić information content (AvgIpc) is 1.95. The molecule has 0 aromatic heterocycles. The number of amides is 2. The normalized spacial score (nSPS) is 12.1. The van der Waals surface area contributed by atoms with E-state index in [-0.39, 0.29) is 12.5 Å². The maximum absolute atomic E-state index is 11.6. The third-order valence-corrected chi connectivity index (χ3v) is 3.89. The number of hydrogen-bond donors (Lipinski definition) is 1. The van der Waals surface area contributed by atoms with Crippen molar-refractivity contribution in [3.63, 3.8) is 0 Å². The molecule has 0 rings (SSSR count). The van der Waals surface area contributed by atoms with Gasteiger partial charge >= 0.3 is 12.0 Å². The van der Waals surface area contributed by atoms with Crippen LogP contribution in [0.1, 0.15) is 0 Å². The van der Waals surface area contributed by atoms with Crippen LogP contribution in [0, 0.1) is 0 Å². The lowest BCUT2D eigenvalue weighted by Gasteiger charge is -2.27. The summed E-state index contributed by atoms with van der Waals surface area (Å²) in [7, 11) is -3.38. The zero-order chi connectivity index (χ0) is 13.9. The molecule has 0 fully saturated rings. The Morgan fingerprint density at radius 1 is 1.12 bits per heavy atom. The minimum atomic E-state index is -1.90. The van der Waals surface area contributed by atoms with E-state index in [1.165, 1.54) is 4.90 Å². The Hall–Kier alpha value is -0.826. The number of carbonyl (C=O) groups is 2. The number of primary amides is 1. The first-order chi connectivity index (χ1) is 7.41. The molecule has 5 nitrogen and oxygen atoms in total. The zero-order valence-electron chi connectivity index (χ0n) is 11.7. The highest BCUT2D eigenvalue weighted by atomic mass is 28.4. The molecule has 0 heterocycles. The van der Waals surface area contributed by atoms with Gasteiger partial charge in [-0.1, -0.05) is 19.6 Å². The topological polar surface area (TPSA) is 72.6 Å². The van der Waals surface area contributed by atoms with Crippen molar-refractivity contribution in [2.24, 2.45) is 5.73 Å². The van der Waals surface area contributed by atoms with Crippen LogP contribution >= 0.6 is 0 Å². The fourth-order valence-electron chi connectivity index (χ4n) is 1.31. The molecule has 0 unspecified atom stereocenters. The molecule has 0 radical (unpaired) electrons. The van der Waals surface area contributed by atoms with Crippen LogP contribution < -0.4 is 5.73 Å². The van der Waals surface area contributed by atoms with E-state index in [1.807, 2.05) is 19.6 Å². The van der Waals surface area contributed by atoms with Gasteiger partial charge in [0, 0.05) is 6.17 Å². The molecule has 0 atom stereocenters. The molecule has 7 heteroatoms. The predicted octanol–water partition coefficient (Wildman–Crippen LogP) is 1.62. The van der Waals surface area contributed by atoms with Gasteiger partial charge in [-0.2, -0.15) is 0 Å². The lowest BCUT2D eigenvalue weighted by atomic mass is 10.6. The molecule has 0 aliphatic carbocycles. The first-order valence-electron chi connectivity index (χ1n) is 5.67. The van der Waals surface area contributed by atoms with Crippen LogP contribution in [-0.4, -0.2) is 46.0 Å². The van der Waals surface area contributed by atoms with Gasteiger partial charge in [-0.25, -0.2) is 4.79 Å². The average molecular weight is 276 g/mol. The standard InChI is InChI=1S/C10H24N2O3Si2/c1-16(2,3)8-12(10(11)14)7-9(13)15-17(4,5)6/h7-8H2,1-6H3,(H2,11,14). The van der Waals surface area contributed by atoms with Gasteiger partial charge in [0.1, 0.15) is 6.54 Å². The Bertz CT molecular complexity index is 295. The summed E-state index contributed by atoms with van der Waals surface area (Å²) < 4.78 is 5.30. The summed E-state index contributed by atoms with van der Waals surface area (Å²) in [6.45, 7) is 12.1. The van der Waals surface area contributed by atoms with E-state index in [1.54, 1.807) is 0 Å². The molecular weight excluding hydrogens is 252 g/mol. The van der Waals surface area contributed by atoms with Crippen molar-refractivity contribution in [3.05, 3.63) is 0 Å². The van der Waals surface area contributed by atoms with E-state index < -0.39 is 22.4 Å². The van der Waals surface area contributed by atoms with Crippen LogP contribution in [0.5, 0.6) is 0 Å². The van der Waals surface area contributed by atoms with Gasteiger partial charge in [-0.05, 0) is 19.6 Å². The van der Waals surface area contributed by atoms with Gasteiger partial charge in [0.15, 0.2) is 0 Å². The summed E-state index contributed by atoms with van der Waals surface area (Å²) >= 11 is 0. The second-order valence-electron chi connectivity index (χ2n) is 6.34. The van der Waals surface area contributed by atoms with Gasteiger partial charge in [0.25, 0.3) is 0 Å². The van der Waals surface area contributed by atoms with Crippen LogP contribution in [-0.2, 0) is 9.22 Å². The lowest BCUT2D eigenvalue weighted by Crippen LogP contribution is -2.49. The Balaban J connectivity index is 4.47. The van der Waals surface area contributed by atoms with Crippen molar-refractivity contribution in [1.29, 1.82) is 0 Å². The summed E-state index contributed by atoms with van der Waals surface area (Å²) in [5.74, 6) is -0.360. The summed E-state index contributed by atoms with van der Waals surface area (Å²) in [6, 6.07) is -0.556. The molecule has 0 bridgehead atoms. The monoisotopic (exact) mass is 276 g/mol. The number of nitrogens with two attached hydrogens (primary N) is 1. The maximum Gasteiger partial charge on any atom is 0.315 e. The molecule has 0 saturated heterocycles. The third kappa shape index (κ3) is 8.93. The van der Waals surface area contributed by atoms with Crippen LogP contribution in [0.25, 0.3) is 0 Å². The largest absolute Gasteiger partial charge is 0.519 e. The molecule has 0 aromatic carbocycles. The summed E-state index contributed by atoms with van der Waals surface area (Å²) in [5, 5.41) is 0. The van der Waals surface area contributed by atoms with Crippen LogP contribution in [0.4, 0.5) is 4.79 Å². The van der Waals surface area contributed by atoms with E-state index >= 15 is 0 Å². The SMILES string of the molecule is C[Si](C)(C)CN(CC(=O)O[Si](C)(C)C)C(N)=O. The van der Waals surface area contributed by atoms with Crippen LogP contribution in [0.3, 0.4) is 0 Å². The Labute approximate surface area is 105 Å². The number of hydrogen-bond acceptors (Lipinski definition) is 3. The minimum Gasteiger partial charge on any atom is -0.519 e. The number of urea groups is 1. The molecule has 17 heavy (non-hydrogen) atoms. The molecule has 0 spiro atoms. The van der Waals surface area contributed by atoms with E-state index in [2.05, 4.69) is 19.6 Å². The maximum atomic E-state index is 11.6. The zero-order valence-corrected chi connectivity index (χ0v) is 13.7. The number of carbonyl (C=O) groups excluding carboxylic acids is 2. The van der Waals surface area contributed by atoms with E-state index in [0.29, 0.717) is 6.17 Å². The molecule has 0 saturated carbocycles. The molecule has 2 amide bonds.